The van der Waals surface area contributed by atoms with Crippen molar-refractivity contribution in [3.8, 4) is 17.2 Å². The van der Waals surface area contributed by atoms with Crippen LogP contribution in [0.3, 0.4) is 0 Å². The van der Waals surface area contributed by atoms with Crippen molar-refractivity contribution in [3.63, 3.8) is 0 Å². The Labute approximate surface area is 159 Å². The molecule has 3 aromatic carbocycles. The summed E-state index contributed by atoms with van der Waals surface area (Å²) in [7, 11) is 0. The number of hydrogen-bond acceptors (Lipinski definition) is 4. The van der Waals surface area contributed by atoms with Gasteiger partial charge < -0.3 is 20.3 Å². The van der Waals surface area contributed by atoms with Crippen LogP contribution < -0.4 is 15.2 Å². The topological polar surface area (TPSA) is 64.7 Å². The molecule has 4 nitrogen and oxygen atoms in total. The van der Waals surface area contributed by atoms with Crippen LogP contribution in [0.15, 0.2) is 72.8 Å². The Morgan fingerprint density at radius 3 is 2.14 bits per heavy atom. The minimum atomic E-state index is -4.75. The van der Waals surface area contributed by atoms with Crippen LogP contribution in [0.4, 0.5) is 13.2 Å². The smallest absolute Gasteiger partial charge is 0.507 e. The van der Waals surface area contributed by atoms with Gasteiger partial charge in [0.1, 0.15) is 23.9 Å². The Bertz CT molecular complexity index is 912. The maximum Gasteiger partial charge on any atom is 0.573 e. The maximum atomic E-state index is 12.2. The lowest BCUT2D eigenvalue weighted by molar-refractivity contribution is -0.274. The molecule has 0 fully saturated rings. The molecule has 3 rings (SSSR count). The Morgan fingerprint density at radius 1 is 0.893 bits per heavy atom. The van der Waals surface area contributed by atoms with E-state index in [2.05, 4.69) is 4.74 Å². The summed E-state index contributed by atoms with van der Waals surface area (Å²) >= 11 is 0. The third-order valence-corrected chi connectivity index (χ3v) is 4.06. The predicted molar refractivity (Wildman–Crippen MR) is 98.0 cm³/mol. The van der Waals surface area contributed by atoms with E-state index < -0.39 is 12.4 Å². The van der Waals surface area contributed by atoms with Crippen LogP contribution in [0.25, 0.3) is 0 Å². The molecule has 0 bridgehead atoms. The molecular formula is C21H18F3NO3. The van der Waals surface area contributed by atoms with E-state index in [1.807, 2.05) is 30.3 Å². The summed E-state index contributed by atoms with van der Waals surface area (Å²) in [6.45, 7) is 0.354. The molecule has 0 radical (unpaired) electrons. The molecule has 1 atom stereocenters. The van der Waals surface area contributed by atoms with Crippen LogP contribution in [-0.4, -0.2) is 11.5 Å². The summed E-state index contributed by atoms with van der Waals surface area (Å²) in [5.41, 5.74) is 8.09. The quantitative estimate of drug-likeness (QED) is 0.628. The van der Waals surface area contributed by atoms with Crippen LogP contribution in [0.2, 0.25) is 0 Å². The van der Waals surface area contributed by atoms with Gasteiger partial charge in [0.25, 0.3) is 0 Å². The van der Waals surface area contributed by atoms with Gasteiger partial charge in [-0.2, -0.15) is 0 Å². The normalized spacial score (nSPS) is 12.4. The van der Waals surface area contributed by atoms with Gasteiger partial charge in [-0.05, 0) is 35.4 Å². The first-order valence-electron chi connectivity index (χ1n) is 8.43. The average Bonchev–Trinajstić information content (AvgIpc) is 2.66. The van der Waals surface area contributed by atoms with Crippen molar-refractivity contribution in [2.75, 3.05) is 0 Å². The van der Waals surface area contributed by atoms with Gasteiger partial charge in [-0.3, -0.25) is 0 Å². The zero-order valence-electron chi connectivity index (χ0n) is 14.7. The number of alkyl halides is 3. The second-order valence-electron chi connectivity index (χ2n) is 6.09. The molecule has 0 aliphatic carbocycles. The fourth-order valence-electron chi connectivity index (χ4n) is 2.67. The highest BCUT2D eigenvalue weighted by Crippen LogP contribution is 2.32. The van der Waals surface area contributed by atoms with Crippen molar-refractivity contribution in [2.45, 2.75) is 19.0 Å². The largest absolute Gasteiger partial charge is 0.573 e. The third-order valence-electron chi connectivity index (χ3n) is 4.06. The minimum absolute atomic E-state index is 0.0614. The van der Waals surface area contributed by atoms with Crippen LogP contribution in [-0.2, 0) is 6.61 Å². The molecule has 3 aromatic rings. The Balaban J connectivity index is 1.69. The molecular weight excluding hydrogens is 371 g/mol. The molecule has 0 aromatic heterocycles. The van der Waals surface area contributed by atoms with Gasteiger partial charge in [-0.1, -0.05) is 42.5 Å². The molecule has 0 amide bonds. The number of hydrogen-bond donors (Lipinski definition) is 2. The highest BCUT2D eigenvalue weighted by molar-refractivity contribution is 5.45. The van der Waals surface area contributed by atoms with E-state index in [-0.39, 0.29) is 11.5 Å². The van der Waals surface area contributed by atoms with Crippen molar-refractivity contribution in [3.05, 3.63) is 89.5 Å². The van der Waals surface area contributed by atoms with Crippen molar-refractivity contribution < 1.29 is 27.8 Å². The molecule has 0 heterocycles. The summed E-state index contributed by atoms with van der Waals surface area (Å²) in [5.74, 6) is 0.0808. The zero-order chi connectivity index (χ0) is 20.1. The molecule has 0 saturated carbocycles. The number of ether oxygens (including phenoxy) is 2. The lowest BCUT2D eigenvalue weighted by Crippen LogP contribution is -2.17. The van der Waals surface area contributed by atoms with Crippen molar-refractivity contribution in [1.29, 1.82) is 0 Å². The predicted octanol–water partition coefficient (Wildman–Crippen LogP) is 4.92. The molecule has 146 valence electrons. The van der Waals surface area contributed by atoms with Gasteiger partial charge in [-0.25, -0.2) is 0 Å². The number of phenols is 1. The molecule has 0 aliphatic rings. The van der Waals surface area contributed by atoms with E-state index in [1.54, 1.807) is 12.1 Å². The van der Waals surface area contributed by atoms with E-state index in [1.165, 1.54) is 30.3 Å². The highest BCUT2D eigenvalue weighted by Gasteiger charge is 2.31. The Kier molecular flexibility index (Phi) is 5.75. The van der Waals surface area contributed by atoms with Gasteiger partial charge >= 0.3 is 6.36 Å². The first-order chi connectivity index (χ1) is 13.3. The van der Waals surface area contributed by atoms with Gasteiger partial charge in [0, 0.05) is 11.6 Å². The van der Waals surface area contributed by atoms with Crippen molar-refractivity contribution in [2.24, 2.45) is 5.73 Å². The summed E-state index contributed by atoms with van der Waals surface area (Å²) in [4.78, 5) is 0. The molecule has 3 N–H and O–H groups in total. The fourth-order valence-corrected chi connectivity index (χ4v) is 2.67. The summed E-state index contributed by atoms with van der Waals surface area (Å²) < 4.78 is 46.2. The molecule has 0 aliphatic heterocycles. The Hall–Kier alpha value is -3.19. The number of benzene rings is 3. The van der Waals surface area contributed by atoms with Gasteiger partial charge in [0.05, 0.1) is 6.04 Å². The second kappa shape index (κ2) is 8.22. The average molecular weight is 389 g/mol. The Morgan fingerprint density at radius 2 is 1.54 bits per heavy atom. The number of rotatable bonds is 6. The van der Waals surface area contributed by atoms with E-state index in [0.29, 0.717) is 23.5 Å². The van der Waals surface area contributed by atoms with Crippen LogP contribution in [0.5, 0.6) is 17.2 Å². The van der Waals surface area contributed by atoms with Crippen LogP contribution in [0, 0.1) is 0 Å². The number of phenolic OH excluding ortho intramolecular Hbond substituents is 1. The molecule has 0 unspecified atom stereocenters. The number of aromatic hydroxyl groups is 1. The molecule has 0 spiro atoms. The molecule has 0 saturated heterocycles. The zero-order valence-corrected chi connectivity index (χ0v) is 14.7. The highest BCUT2D eigenvalue weighted by atomic mass is 19.4. The summed E-state index contributed by atoms with van der Waals surface area (Å²) in [6.07, 6.45) is -4.75. The van der Waals surface area contributed by atoms with Crippen molar-refractivity contribution >= 4 is 0 Å². The van der Waals surface area contributed by atoms with E-state index in [0.717, 1.165) is 5.56 Å². The van der Waals surface area contributed by atoms with Gasteiger partial charge in [0.15, 0.2) is 0 Å². The van der Waals surface area contributed by atoms with Gasteiger partial charge in [0.2, 0.25) is 0 Å². The lowest BCUT2D eigenvalue weighted by Gasteiger charge is -2.16. The van der Waals surface area contributed by atoms with Crippen LogP contribution in [0.1, 0.15) is 22.7 Å². The molecule has 7 heteroatoms. The van der Waals surface area contributed by atoms with Crippen molar-refractivity contribution in [1.82, 2.24) is 0 Å². The standard InChI is InChI=1S/C21H18F3NO3/c22-21(23,24)28-16-8-6-15(7-9-16)20(25)18-11-10-17(12-19(18)26)27-13-14-4-2-1-3-5-14/h1-12,20,26H,13,25H2/t20-/m0/s1. The van der Waals surface area contributed by atoms with E-state index in [9.17, 15) is 18.3 Å². The van der Waals surface area contributed by atoms with Crippen LogP contribution >= 0.6 is 0 Å². The van der Waals surface area contributed by atoms with E-state index in [4.69, 9.17) is 10.5 Å². The summed E-state index contributed by atoms with van der Waals surface area (Å²) in [5, 5.41) is 10.3. The van der Waals surface area contributed by atoms with E-state index >= 15 is 0 Å². The first-order valence-corrected chi connectivity index (χ1v) is 8.43. The fraction of sp³-hybridized carbons (Fsp3) is 0.143. The molecule has 28 heavy (non-hydrogen) atoms. The number of halogens is 3. The maximum absolute atomic E-state index is 12.2. The first kappa shape index (κ1) is 19.6. The summed E-state index contributed by atoms with van der Waals surface area (Å²) in [6, 6.07) is 18.8. The minimum Gasteiger partial charge on any atom is -0.507 e. The third kappa shape index (κ3) is 5.17. The SMILES string of the molecule is N[C@@H](c1ccc(OC(F)(F)F)cc1)c1ccc(OCc2ccccc2)cc1O. The van der Waals surface area contributed by atoms with Gasteiger partial charge in [-0.15, -0.1) is 13.2 Å². The second-order valence-corrected chi connectivity index (χ2v) is 6.09. The lowest BCUT2D eigenvalue weighted by atomic mass is 9.98. The monoisotopic (exact) mass is 389 g/mol. The number of nitrogens with two attached hydrogens (primary N) is 1.